The van der Waals surface area contributed by atoms with Crippen LogP contribution in [0.1, 0.15) is 5.69 Å². The molecule has 1 heterocycles. The zero-order chi connectivity index (χ0) is 15.6. The summed E-state index contributed by atoms with van der Waals surface area (Å²) in [5.41, 5.74) is 6.15. The molecule has 0 atom stereocenters. The quantitative estimate of drug-likeness (QED) is 0.763. The smallest absolute Gasteiger partial charge is 0.263 e. The van der Waals surface area contributed by atoms with Crippen LogP contribution in [0.4, 0.5) is 5.69 Å². The summed E-state index contributed by atoms with van der Waals surface area (Å²) in [6.07, 6.45) is 1.20. The predicted octanol–water partition coefficient (Wildman–Crippen LogP) is 2.93. The van der Waals surface area contributed by atoms with Gasteiger partial charge < -0.3 is 5.73 Å². The molecular formula is C12H9BrClN3O2S2. The average molecular weight is 407 g/mol. The lowest BCUT2D eigenvalue weighted by Gasteiger charge is -2.10. The van der Waals surface area contributed by atoms with Crippen LogP contribution in [0.5, 0.6) is 0 Å². The van der Waals surface area contributed by atoms with Gasteiger partial charge in [0.25, 0.3) is 10.0 Å². The molecule has 0 saturated heterocycles. The molecule has 0 aliphatic carbocycles. The molecule has 0 fully saturated rings. The zero-order valence-corrected chi connectivity index (χ0v) is 14.4. The van der Waals surface area contributed by atoms with Gasteiger partial charge in [0.05, 0.1) is 11.4 Å². The average Bonchev–Trinajstić information content (AvgIpc) is 2.42. The number of rotatable bonds is 4. The molecule has 0 spiro atoms. The van der Waals surface area contributed by atoms with Crippen LogP contribution in [0.25, 0.3) is 0 Å². The number of benzene rings is 1. The molecule has 110 valence electrons. The molecule has 5 nitrogen and oxygen atoms in total. The maximum absolute atomic E-state index is 12.3. The highest BCUT2D eigenvalue weighted by atomic mass is 79.9. The van der Waals surface area contributed by atoms with E-state index >= 15 is 0 Å². The van der Waals surface area contributed by atoms with E-state index in [0.717, 1.165) is 0 Å². The fourth-order valence-electron chi connectivity index (χ4n) is 1.46. The number of nitrogens with two attached hydrogens (primary N) is 1. The Morgan fingerprint density at radius 1 is 1.33 bits per heavy atom. The largest absolute Gasteiger partial charge is 0.388 e. The lowest BCUT2D eigenvalue weighted by molar-refractivity contribution is 0.601. The molecule has 0 amide bonds. The van der Waals surface area contributed by atoms with E-state index in [1.54, 1.807) is 18.2 Å². The molecule has 0 radical (unpaired) electrons. The summed E-state index contributed by atoms with van der Waals surface area (Å²) >= 11 is 13.8. The van der Waals surface area contributed by atoms with Gasteiger partial charge in [-0.3, -0.25) is 9.71 Å². The van der Waals surface area contributed by atoms with Crippen LogP contribution < -0.4 is 10.5 Å². The van der Waals surface area contributed by atoms with Gasteiger partial charge in [-0.15, -0.1) is 0 Å². The third kappa shape index (κ3) is 3.91. The molecule has 0 aliphatic rings. The highest BCUT2D eigenvalue weighted by molar-refractivity contribution is 9.10. The number of thiocarbonyl (C=S) groups is 1. The first-order valence-electron chi connectivity index (χ1n) is 5.53. The maximum Gasteiger partial charge on any atom is 0.263 e. The molecule has 0 aliphatic heterocycles. The summed E-state index contributed by atoms with van der Waals surface area (Å²) in [5, 5.41) is 0.493. The Bertz CT molecular complexity index is 795. The van der Waals surface area contributed by atoms with Crippen molar-refractivity contribution in [2.75, 3.05) is 4.72 Å². The molecule has 3 N–H and O–H groups in total. The SMILES string of the molecule is NC(=S)c1ccc(S(=O)(=O)Nc2ccc(Cl)cc2Br)cn1. The fourth-order valence-corrected chi connectivity index (χ4v) is 3.52. The van der Waals surface area contributed by atoms with Crippen molar-refractivity contribution in [3.05, 3.63) is 51.7 Å². The van der Waals surface area contributed by atoms with E-state index in [9.17, 15) is 8.42 Å². The third-order valence-corrected chi connectivity index (χ3v) is 4.93. The Labute approximate surface area is 140 Å². The zero-order valence-electron chi connectivity index (χ0n) is 10.4. The summed E-state index contributed by atoms with van der Waals surface area (Å²) in [6.45, 7) is 0. The minimum absolute atomic E-state index is 0.00403. The standard InChI is InChI=1S/C12H9BrClN3O2S2/c13-9-5-7(14)1-3-10(9)17-21(18,19)8-2-4-11(12(15)20)16-6-8/h1-6,17H,(H2,15,20). The van der Waals surface area contributed by atoms with Crippen molar-refractivity contribution >= 4 is 60.4 Å². The van der Waals surface area contributed by atoms with Crippen LogP contribution in [0.3, 0.4) is 0 Å². The Hall–Kier alpha value is -1.22. The van der Waals surface area contributed by atoms with Crippen molar-refractivity contribution in [1.82, 2.24) is 4.98 Å². The van der Waals surface area contributed by atoms with Crippen molar-refractivity contribution in [2.45, 2.75) is 4.90 Å². The summed E-state index contributed by atoms with van der Waals surface area (Å²) in [7, 11) is -3.76. The summed E-state index contributed by atoms with van der Waals surface area (Å²) in [4.78, 5) is 4.01. The van der Waals surface area contributed by atoms with E-state index in [0.29, 0.717) is 20.9 Å². The number of aromatic nitrogens is 1. The van der Waals surface area contributed by atoms with Crippen molar-refractivity contribution in [2.24, 2.45) is 5.73 Å². The number of pyridine rings is 1. The van der Waals surface area contributed by atoms with Gasteiger partial charge in [0.15, 0.2) is 0 Å². The first-order valence-corrected chi connectivity index (χ1v) is 8.59. The second-order valence-corrected chi connectivity index (χ2v) is 7.39. The van der Waals surface area contributed by atoms with E-state index in [-0.39, 0.29) is 9.88 Å². The van der Waals surface area contributed by atoms with Crippen LogP contribution >= 0.6 is 39.7 Å². The van der Waals surface area contributed by atoms with Gasteiger partial charge in [-0.2, -0.15) is 0 Å². The molecule has 2 rings (SSSR count). The van der Waals surface area contributed by atoms with Crippen molar-refractivity contribution in [3.8, 4) is 0 Å². The number of anilines is 1. The molecule has 0 saturated carbocycles. The van der Waals surface area contributed by atoms with Gasteiger partial charge >= 0.3 is 0 Å². The highest BCUT2D eigenvalue weighted by Crippen LogP contribution is 2.27. The Morgan fingerprint density at radius 2 is 2.05 bits per heavy atom. The number of hydrogen-bond acceptors (Lipinski definition) is 4. The van der Waals surface area contributed by atoms with Crippen molar-refractivity contribution < 1.29 is 8.42 Å². The van der Waals surface area contributed by atoms with Crippen molar-refractivity contribution in [3.63, 3.8) is 0 Å². The number of nitrogens with zero attached hydrogens (tertiary/aromatic N) is 1. The van der Waals surface area contributed by atoms with E-state index in [1.807, 2.05) is 0 Å². The van der Waals surface area contributed by atoms with Gasteiger partial charge in [0, 0.05) is 15.7 Å². The Kier molecular flexibility index (Phi) is 4.82. The van der Waals surface area contributed by atoms with Gasteiger partial charge in [0.1, 0.15) is 9.88 Å². The summed E-state index contributed by atoms with van der Waals surface area (Å²) in [5.74, 6) is 0. The van der Waals surface area contributed by atoms with E-state index in [4.69, 9.17) is 29.6 Å². The van der Waals surface area contributed by atoms with E-state index in [2.05, 4.69) is 25.6 Å². The van der Waals surface area contributed by atoms with Crippen LogP contribution in [-0.4, -0.2) is 18.4 Å². The maximum atomic E-state index is 12.3. The van der Waals surface area contributed by atoms with E-state index < -0.39 is 10.0 Å². The monoisotopic (exact) mass is 405 g/mol. The van der Waals surface area contributed by atoms with Gasteiger partial charge in [0.2, 0.25) is 0 Å². The van der Waals surface area contributed by atoms with E-state index in [1.165, 1.54) is 18.3 Å². The molecule has 1 aromatic heterocycles. The normalized spacial score (nSPS) is 11.1. The molecule has 9 heteroatoms. The molecule has 0 unspecified atom stereocenters. The Morgan fingerprint density at radius 3 is 2.57 bits per heavy atom. The second-order valence-electron chi connectivity index (χ2n) is 3.97. The minimum Gasteiger partial charge on any atom is -0.388 e. The molecule has 2 aromatic rings. The molecular weight excluding hydrogens is 398 g/mol. The highest BCUT2D eigenvalue weighted by Gasteiger charge is 2.16. The van der Waals surface area contributed by atoms with Gasteiger partial charge in [-0.1, -0.05) is 23.8 Å². The number of sulfonamides is 1. The number of hydrogen-bond donors (Lipinski definition) is 2. The molecule has 1 aromatic carbocycles. The minimum atomic E-state index is -3.76. The van der Waals surface area contributed by atoms with Crippen LogP contribution in [0.15, 0.2) is 45.9 Å². The topological polar surface area (TPSA) is 85.1 Å². The second kappa shape index (κ2) is 6.27. The summed E-state index contributed by atoms with van der Waals surface area (Å²) < 4.78 is 27.5. The number of nitrogens with one attached hydrogen (secondary N) is 1. The first-order chi connectivity index (χ1) is 9.79. The van der Waals surface area contributed by atoms with Gasteiger partial charge in [-0.25, -0.2) is 8.42 Å². The molecule has 21 heavy (non-hydrogen) atoms. The number of halogens is 2. The van der Waals surface area contributed by atoms with Crippen LogP contribution in [0, 0.1) is 0 Å². The summed E-state index contributed by atoms with van der Waals surface area (Å²) in [6, 6.07) is 7.56. The predicted molar refractivity (Wildman–Crippen MR) is 90.1 cm³/mol. The Balaban J connectivity index is 2.31. The first kappa shape index (κ1) is 16.2. The van der Waals surface area contributed by atoms with Crippen LogP contribution in [-0.2, 0) is 10.0 Å². The van der Waals surface area contributed by atoms with Crippen molar-refractivity contribution in [1.29, 1.82) is 0 Å². The molecule has 0 bridgehead atoms. The fraction of sp³-hybridized carbons (Fsp3) is 0. The lowest BCUT2D eigenvalue weighted by Crippen LogP contribution is -2.15. The van der Waals surface area contributed by atoms with Gasteiger partial charge in [-0.05, 0) is 46.3 Å². The third-order valence-electron chi connectivity index (χ3n) is 2.47. The lowest BCUT2D eigenvalue weighted by atomic mass is 10.3. The van der Waals surface area contributed by atoms with Crippen LogP contribution in [0.2, 0.25) is 5.02 Å².